The molecule has 22 heavy (non-hydrogen) atoms. The van der Waals surface area contributed by atoms with Crippen LogP contribution in [-0.2, 0) is 10.0 Å². The van der Waals surface area contributed by atoms with Gasteiger partial charge in [0.25, 0.3) is 10.0 Å². The number of hydrogen-bond acceptors (Lipinski definition) is 4. The summed E-state index contributed by atoms with van der Waals surface area (Å²) in [5.74, 6) is -0.587. The molecule has 114 valence electrons. The smallest absolute Gasteiger partial charge is 0.262 e. The highest BCUT2D eigenvalue weighted by atomic mass is 32.2. The maximum atomic E-state index is 13.3. The number of anilines is 1. The van der Waals surface area contributed by atoms with Crippen LogP contribution in [0.5, 0.6) is 0 Å². The van der Waals surface area contributed by atoms with Crippen LogP contribution in [-0.4, -0.2) is 13.4 Å². The number of rotatable bonds is 3. The average Bonchev–Trinajstić information content (AvgIpc) is 2.80. The molecular weight excluding hydrogens is 323 g/mol. The first-order valence-electron chi connectivity index (χ1n) is 6.51. The number of sulfonamides is 1. The van der Waals surface area contributed by atoms with E-state index in [1.165, 1.54) is 12.1 Å². The number of nitrogens with one attached hydrogen (secondary N) is 1. The summed E-state index contributed by atoms with van der Waals surface area (Å²) < 4.78 is 41.6. The summed E-state index contributed by atoms with van der Waals surface area (Å²) in [5.41, 5.74) is 1.62. The SMILES string of the molecule is Cc1nc2cc(NS(=O)(=O)c3cc(F)ccc3C)ccc2s1. The summed E-state index contributed by atoms with van der Waals surface area (Å²) in [4.78, 5) is 4.26. The third-order valence-electron chi connectivity index (χ3n) is 3.19. The highest BCUT2D eigenvalue weighted by molar-refractivity contribution is 7.92. The van der Waals surface area contributed by atoms with Gasteiger partial charge >= 0.3 is 0 Å². The minimum Gasteiger partial charge on any atom is -0.280 e. The molecular formula is C15H13FN2O2S2. The molecule has 0 saturated heterocycles. The van der Waals surface area contributed by atoms with Crippen molar-refractivity contribution in [3.63, 3.8) is 0 Å². The normalized spacial score (nSPS) is 11.8. The molecule has 0 aliphatic rings. The van der Waals surface area contributed by atoms with Crippen LogP contribution in [0.2, 0.25) is 0 Å². The lowest BCUT2D eigenvalue weighted by Gasteiger charge is -2.10. The molecule has 0 bridgehead atoms. The first-order chi connectivity index (χ1) is 10.3. The Morgan fingerprint density at radius 3 is 2.68 bits per heavy atom. The van der Waals surface area contributed by atoms with Gasteiger partial charge in [0.2, 0.25) is 0 Å². The summed E-state index contributed by atoms with van der Waals surface area (Å²) in [5, 5.41) is 0.913. The van der Waals surface area contributed by atoms with Gasteiger partial charge in [0.05, 0.1) is 25.8 Å². The molecule has 0 saturated carbocycles. The predicted octanol–water partition coefficient (Wildman–Crippen LogP) is 3.85. The Morgan fingerprint density at radius 1 is 1.14 bits per heavy atom. The Kier molecular flexibility index (Phi) is 3.62. The first kappa shape index (κ1) is 14.9. The summed E-state index contributed by atoms with van der Waals surface area (Å²) in [7, 11) is -3.84. The van der Waals surface area contributed by atoms with Gasteiger partial charge in [-0.25, -0.2) is 17.8 Å². The molecule has 7 heteroatoms. The van der Waals surface area contributed by atoms with Crippen molar-refractivity contribution in [2.45, 2.75) is 18.7 Å². The van der Waals surface area contributed by atoms with Gasteiger partial charge in [0, 0.05) is 0 Å². The molecule has 0 radical (unpaired) electrons. The van der Waals surface area contributed by atoms with Crippen molar-refractivity contribution >= 4 is 37.3 Å². The van der Waals surface area contributed by atoms with Crippen LogP contribution in [0, 0.1) is 19.7 Å². The van der Waals surface area contributed by atoms with E-state index in [0.29, 0.717) is 11.3 Å². The average molecular weight is 336 g/mol. The van der Waals surface area contributed by atoms with Crippen LogP contribution in [0.15, 0.2) is 41.3 Å². The van der Waals surface area contributed by atoms with E-state index in [1.807, 2.05) is 13.0 Å². The number of hydrogen-bond donors (Lipinski definition) is 1. The molecule has 0 aliphatic carbocycles. The van der Waals surface area contributed by atoms with Gasteiger partial charge in [0.1, 0.15) is 5.82 Å². The lowest BCUT2D eigenvalue weighted by Crippen LogP contribution is -2.14. The van der Waals surface area contributed by atoms with Crippen molar-refractivity contribution in [2.24, 2.45) is 0 Å². The summed E-state index contributed by atoms with van der Waals surface area (Å²) >= 11 is 1.54. The maximum absolute atomic E-state index is 13.3. The Balaban J connectivity index is 2.00. The van der Waals surface area contributed by atoms with Crippen molar-refractivity contribution in [3.8, 4) is 0 Å². The molecule has 3 aromatic rings. The van der Waals surface area contributed by atoms with Gasteiger partial charge in [-0.15, -0.1) is 11.3 Å². The minimum absolute atomic E-state index is 0.0675. The van der Waals surface area contributed by atoms with E-state index in [9.17, 15) is 12.8 Å². The van der Waals surface area contributed by atoms with Crippen molar-refractivity contribution in [3.05, 3.63) is 52.8 Å². The zero-order chi connectivity index (χ0) is 15.9. The number of fused-ring (bicyclic) bond motifs is 1. The molecule has 4 nitrogen and oxygen atoms in total. The van der Waals surface area contributed by atoms with Gasteiger partial charge in [0.15, 0.2) is 0 Å². The van der Waals surface area contributed by atoms with Crippen LogP contribution >= 0.6 is 11.3 Å². The molecule has 1 N–H and O–H groups in total. The molecule has 0 unspecified atom stereocenters. The lowest BCUT2D eigenvalue weighted by atomic mass is 10.2. The molecule has 3 rings (SSSR count). The Bertz CT molecular complexity index is 965. The van der Waals surface area contributed by atoms with Crippen LogP contribution < -0.4 is 4.72 Å². The quantitative estimate of drug-likeness (QED) is 0.790. The molecule has 1 heterocycles. The fourth-order valence-electron chi connectivity index (χ4n) is 2.18. The number of nitrogens with zero attached hydrogens (tertiary/aromatic N) is 1. The van der Waals surface area contributed by atoms with Crippen molar-refractivity contribution in [1.82, 2.24) is 4.98 Å². The highest BCUT2D eigenvalue weighted by Gasteiger charge is 2.18. The molecule has 0 aliphatic heterocycles. The van der Waals surface area contributed by atoms with Crippen LogP contribution in [0.3, 0.4) is 0 Å². The van der Waals surface area contributed by atoms with E-state index < -0.39 is 15.8 Å². The Morgan fingerprint density at radius 2 is 1.91 bits per heavy atom. The first-order valence-corrected chi connectivity index (χ1v) is 8.81. The minimum atomic E-state index is -3.84. The van der Waals surface area contributed by atoms with E-state index in [4.69, 9.17) is 0 Å². The second-order valence-electron chi connectivity index (χ2n) is 4.93. The largest absolute Gasteiger partial charge is 0.280 e. The highest BCUT2D eigenvalue weighted by Crippen LogP contribution is 2.26. The third kappa shape index (κ3) is 2.82. The van der Waals surface area contributed by atoms with Crippen LogP contribution in [0.4, 0.5) is 10.1 Å². The van der Waals surface area contributed by atoms with Gasteiger partial charge in [-0.3, -0.25) is 4.72 Å². The van der Waals surface area contributed by atoms with E-state index in [0.717, 1.165) is 21.3 Å². The molecule has 0 amide bonds. The number of thiazole rings is 1. The second kappa shape index (κ2) is 5.33. The zero-order valence-electron chi connectivity index (χ0n) is 11.9. The number of aromatic nitrogens is 1. The van der Waals surface area contributed by atoms with Gasteiger partial charge < -0.3 is 0 Å². The van der Waals surface area contributed by atoms with Crippen LogP contribution in [0.25, 0.3) is 10.2 Å². The van der Waals surface area contributed by atoms with Crippen LogP contribution in [0.1, 0.15) is 10.6 Å². The Labute approximate surface area is 131 Å². The number of aryl methyl sites for hydroxylation is 2. The maximum Gasteiger partial charge on any atom is 0.262 e. The van der Waals surface area contributed by atoms with E-state index >= 15 is 0 Å². The van der Waals surface area contributed by atoms with Crippen molar-refractivity contribution in [1.29, 1.82) is 0 Å². The third-order valence-corrected chi connectivity index (χ3v) is 5.66. The van der Waals surface area contributed by atoms with Gasteiger partial charge in [-0.2, -0.15) is 0 Å². The van der Waals surface area contributed by atoms with Crippen molar-refractivity contribution in [2.75, 3.05) is 4.72 Å². The lowest BCUT2D eigenvalue weighted by molar-refractivity contribution is 0.594. The molecule has 0 fully saturated rings. The molecule has 1 aromatic heterocycles. The summed E-state index contributed by atoms with van der Waals surface area (Å²) in [6, 6.07) is 8.85. The monoisotopic (exact) mass is 336 g/mol. The second-order valence-corrected chi connectivity index (χ2v) is 7.82. The Hall–Kier alpha value is -1.99. The van der Waals surface area contributed by atoms with E-state index in [-0.39, 0.29) is 4.90 Å². The van der Waals surface area contributed by atoms with Gasteiger partial charge in [-0.05, 0) is 49.7 Å². The predicted molar refractivity (Wildman–Crippen MR) is 86.3 cm³/mol. The standard InChI is InChI=1S/C15H13FN2O2S2/c1-9-3-4-11(16)7-15(9)22(19,20)18-12-5-6-14-13(8-12)17-10(2)21-14/h3-8,18H,1-2H3. The molecule has 2 aromatic carbocycles. The van der Waals surface area contributed by atoms with E-state index in [2.05, 4.69) is 9.71 Å². The van der Waals surface area contributed by atoms with Crippen molar-refractivity contribution < 1.29 is 12.8 Å². The fourth-order valence-corrected chi connectivity index (χ4v) is 4.29. The fraction of sp³-hybridized carbons (Fsp3) is 0.133. The summed E-state index contributed by atoms with van der Waals surface area (Å²) in [6.07, 6.45) is 0. The number of halogens is 1. The molecule has 0 atom stereocenters. The van der Waals surface area contributed by atoms with Gasteiger partial charge in [-0.1, -0.05) is 6.07 Å². The summed E-state index contributed by atoms with van der Waals surface area (Å²) in [6.45, 7) is 3.52. The van der Waals surface area contributed by atoms with E-state index in [1.54, 1.807) is 30.4 Å². The zero-order valence-corrected chi connectivity index (χ0v) is 13.6. The topological polar surface area (TPSA) is 59.1 Å². The number of benzene rings is 2. The molecule has 0 spiro atoms.